The number of carbonyl (C=O) groups is 2. The van der Waals surface area contributed by atoms with Gasteiger partial charge in [-0.05, 0) is 29.7 Å². The Kier molecular flexibility index (Phi) is 7.73. The van der Waals surface area contributed by atoms with Gasteiger partial charge >= 0.3 is 6.61 Å². The molecule has 7 heteroatoms. The van der Waals surface area contributed by atoms with Gasteiger partial charge in [0.1, 0.15) is 5.75 Å². The molecule has 0 fully saturated rings. The van der Waals surface area contributed by atoms with Gasteiger partial charge in [-0.25, -0.2) is 0 Å². The molecule has 1 atom stereocenters. The number of benzene rings is 2. The number of amides is 2. The Bertz CT molecular complexity index is 737. The van der Waals surface area contributed by atoms with Crippen molar-refractivity contribution in [1.29, 1.82) is 0 Å². The van der Waals surface area contributed by atoms with Crippen molar-refractivity contribution < 1.29 is 23.1 Å². The fraction of sp³-hybridized carbons (Fsp3) is 0.300. The van der Waals surface area contributed by atoms with E-state index in [1.807, 2.05) is 30.3 Å². The molecule has 27 heavy (non-hydrogen) atoms. The lowest BCUT2D eigenvalue weighted by Gasteiger charge is -2.18. The van der Waals surface area contributed by atoms with Crippen molar-refractivity contribution in [3.63, 3.8) is 0 Å². The highest BCUT2D eigenvalue weighted by molar-refractivity contribution is 5.79. The van der Waals surface area contributed by atoms with Crippen LogP contribution in [0, 0.1) is 0 Å². The van der Waals surface area contributed by atoms with E-state index in [-0.39, 0.29) is 24.0 Å². The molecule has 2 aromatic rings. The van der Waals surface area contributed by atoms with Crippen LogP contribution in [-0.2, 0) is 16.0 Å². The summed E-state index contributed by atoms with van der Waals surface area (Å²) in [5.74, 6) is -0.295. The normalized spacial score (nSPS) is 11.7. The molecule has 0 spiro atoms. The van der Waals surface area contributed by atoms with Gasteiger partial charge in [0.15, 0.2) is 0 Å². The molecule has 5 nitrogen and oxygen atoms in total. The Morgan fingerprint density at radius 1 is 1.04 bits per heavy atom. The molecule has 0 saturated carbocycles. The summed E-state index contributed by atoms with van der Waals surface area (Å²) in [6, 6.07) is 15.2. The SMILES string of the molecule is CC(=O)NC(CC(=O)NCCc1ccc(OC(F)F)cc1)c1ccccc1. The van der Waals surface area contributed by atoms with Crippen molar-refractivity contribution in [2.75, 3.05) is 6.54 Å². The van der Waals surface area contributed by atoms with Crippen LogP contribution in [0.5, 0.6) is 5.75 Å². The van der Waals surface area contributed by atoms with Crippen LogP contribution >= 0.6 is 0 Å². The molecule has 0 heterocycles. The molecule has 0 bridgehead atoms. The summed E-state index contributed by atoms with van der Waals surface area (Å²) in [7, 11) is 0. The van der Waals surface area contributed by atoms with Crippen LogP contribution in [0.2, 0.25) is 0 Å². The average molecular weight is 376 g/mol. The van der Waals surface area contributed by atoms with E-state index in [4.69, 9.17) is 0 Å². The molecule has 144 valence electrons. The smallest absolute Gasteiger partial charge is 0.387 e. The Balaban J connectivity index is 1.82. The summed E-state index contributed by atoms with van der Waals surface area (Å²) in [4.78, 5) is 23.6. The van der Waals surface area contributed by atoms with Crippen molar-refractivity contribution in [3.8, 4) is 5.75 Å². The van der Waals surface area contributed by atoms with E-state index < -0.39 is 12.7 Å². The molecule has 2 N–H and O–H groups in total. The molecule has 1 unspecified atom stereocenters. The van der Waals surface area contributed by atoms with Crippen molar-refractivity contribution in [2.24, 2.45) is 0 Å². The van der Waals surface area contributed by atoms with Crippen LogP contribution < -0.4 is 15.4 Å². The van der Waals surface area contributed by atoms with Crippen LogP contribution in [-0.4, -0.2) is 25.0 Å². The minimum absolute atomic E-state index is 0.0961. The zero-order chi connectivity index (χ0) is 19.6. The van der Waals surface area contributed by atoms with E-state index in [1.54, 1.807) is 12.1 Å². The maximum Gasteiger partial charge on any atom is 0.387 e. The van der Waals surface area contributed by atoms with Crippen LogP contribution in [0.4, 0.5) is 8.78 Å². The fourth-order valence-corrected chi connectivity index (χ4v) is 2.62. The Hall–Kier alpha value is -2.96. The lowest BCUT2D eigenvalue weighted by Crippen LogP contribution is -2.33. The van der Waals surface area contributed by atoms with E-state index in [1.165, 1.54) is 19.1 Å². The lowest BCUT2D eigenvalue weighted by molar-refractivity contribution is -0.122. The molecular formula is C20H22F2N2O3. The fourth-order valence-electron chi connectivity index (χ4n) is 2.62. The first-order chi connectivity index (χ1) is 12.9. The molecular weight excluding hydrogens is 354 g/mol. The van der Waals surface area contributed by atoms with Gasteiger partial charge < -0.3 is 15.4 Å². The second kappa shape index (κ2) is 10.3. The largest absolute Gasteiger partial charge is 0.435 e. The van der Waals surface area contributed by atoms with Gasteiger partial charge in [-0.15, -0.1) is 0 Å². The number of carbonyl (C=O) groups excluding carboxylic acids is 2. The molecule has 0 aromatic heterocycles. The summed E-state index contributed by atoms with van der Waals surface area (Å²) in [5.41, 5.74) is 1.75. The zero-order valence-corrected chi connectivity index (χ0v) is 15.0. The van der Waals surface area contributed by atoms with E-state index in [0.29, 0.717) is 13.0 Å². The van der Waals surface area contributed by atoms with E-state index >= 15 is 0 Å². The summed E-state index contributed by atoms with van der Waals surface area (Å²) in [6.07, 6.45) is 0.682. The number of rotatable bonds is 9. The minimum atomic E-state index is -2.85. The highest BCUT2D eigenvalue weighted by Gasteiger charge is 2.16. The van der Waals surface area contributed by atoms with Gasteiger partial charge in [0, 0.05) is 13.5 Å². The number of alkyl halides is 2. The van der Waals surface area contributed by atoms with Crippen LogP contribution in [0.15, 0.2) is 54.6 Å². The monoisotopic (exact) mass is 376 g/mol. The summed E-state index contributed by atoms with van der Waals surface area (Å²) in [6.45, 7) is -1.04. The first kappa shape index (κ1) is 20.4. The summed E-state index contributed by atoms with van der Waals surface area (Å²) < 4.78 is 28.5. The molecule has 0 aliphatic heterocycles. The Labute approximate surface area is 156 Å². The molecule has 2 aromatic carbocycles. The van der Waals surface area contributed by atoms with Crippen molar-refractivity contribution in [1.82, 2.24) is 10.6 Å². The van der Waals surface area contributed by atoms with Gasteiger partial charge in [0.2, 0.25) is 11.8 Å². The third-order valence-electron chi connectivity index (χ3n) is 3.85. The van der Waals surface area contributed by atoms with Crippen LogP contribution in [0.1, 0.15) is 30.5 Å². The lowest BCUT2D eigenvalue weighted by atomic mass is 10.0. The number of nitrogens with one attached hydrogen (secondary N) is 2. The van der Waals surface area contributed by atoms with Crippen LogP contribution in [0.3, 0.4) is 0 Å². The molecule has 0 saturated heterocycles. The van der Waals surface area contributed by atoms with Crippen molar-refractivity contribution in [2.45, 2.75) is 32.4 Å². The van der Waals surface area contributed by atoms with E-state index in [9.17, 15) is 18.4 Å². The molecule has 2 amide bonds. The summed E-state index contributed by atoms with van der Waals surface area (Å²) >= 11 is 0. The van der Waals surface area contributed by atoms with Gasteiger partial charge in [0.05, 0.1) is 12.5 Å². The zero-order valence-electron chi connectivity index (χ0n) is 15.0. The number of ether oxygens (including phenoxy) is 1. The minimum Gasteiger partial charge on any atom is -0.435 e. The first-order valence-electron chi connectivity index (χ1n) is 8.56. The number of hydrogen-bond acceptors (Lipinski definition) is 3. The van der Waals surface area contributed by atoms with Crippen molar-refractivity contribution >= 4 is 11.8 Å². The predicted molar refractivity (Wildman–Crippen MR) is 97.4 cm³/mol. The average Bonchev–Trinajstić information content (AvgIpc) is 2.62. The molecule has 0 aliphatic rings. The Morgan fingerprint density at radius 2 is 1.70 bits per heavy atom. The Morgan fingerprint density at radius 3 is 2.30 bits per heavy atom. The third-order valence-corrected chi connectivity index (χ3v) is 3.85. The van der Waals surface area contributed by atoms with E-state index in [2.05, 4.69) is 15.4 Å². The second-order valence-corrected chi connectivity index (χ2v) is 5.99. The van der Waals surface area contributed by atoms with E-state index in [0.717, 1.165) is 11.1 Å². The quantitative estimate of drug-likeness (QED) is 0.706. The molecule has 2 rings (SSSR count). The maximum absolute atomic E-state index is 12.2. The van der Waals surface area contributed by atoms with Gasteiger partial charge in [-0.1, -0.05) is 42.5 Å². The third kappa shape index (κ3) is 7.43. The first-order valence-corrected chi connectivity index (χ1v) is 8.56. The molecule has 0 radical (unpaired) electrons. The summed E-state index contributed by atoms with van der Waals surface area (Å²) in [5, 5.41) is 5.59. The second-order valence-electron chi connectivity index (χ2n) is 5.99. The highest BCUT2D eigenvalue weighted by atomic mass is 19.3. The standard InChI is InChI=1S/C20H22F2N2O3/c1-14(25)24-18(16-5-3-2-4-6-16)13-19(26)23-12-11-15-7-9-17(10-8-15)27-20(21)22/h2-10,18,20H,11-13H2,1H3,(H,23,26)(H,24,25). The highest BCUT2D eigenvalue weighted by Crippen LogP contribution is 2.17. The van der Waals surface area contributed by atoms with Crippen molar-refractivity contribution in [3.05, 3.63) is 65.7 Å². The number of hydrogen-bond donors (Lipinski definition) is 2. The van der Waals surface area contributed by atoms with Gasteiger partial charge in [0.25, 0.3) is 0 Å². The van der Waals surface area contributed by atoms with Gasteiger partial charge in [-0.3, -0.25) is 9.59 Å². The molecule has 0 aliphatic carbocycles. The van der Waals surface area contributed by atoms with Crippen LogP contribution in [0.25, 0.3) is 0 Å². The maximum atomic E-state index is 12.2. The topological polar surface area (TPSA) is 67.4 Å². The number of halogens is 2. The predicted octanol–water partition coefficient (Wildman–Crippen LogP) is 3.21. The van der Waals surface area contributed by atoms with Gasteiger partial charge in [-0.2, -0.15) is 8.78 Å².